The minimum atomic E-state index is -0.478. The molecule has 0 radical (unpaired) electrons. The summed E-state index contributed by atoms with van der Waals surface area (Å²) in [4.78, 5) is 15.8. The fourth-order valence-electron chi connectivity index (χ4n) is 2.04. The van der Waals surface area contributed by atoms with E-state index < -0.39 is 5.97 Å². The number of ether oxygens (including phenoxy) is 1. The first-order valence-electron chi connectivity index (χ1n) is 6.19. The van der Waals surface area contributed by atoms with Crippen LogP contribution >= 0.6 is 0 Å². The molecule has 5 nitrogen and oxygen atoms in total. The van der Waals surface area contributed by atoms with Crippen LogP contribution in [0.4, 0.5) is 17.2 Å². The van der Waals surface area contributed by atoms with Gasteiger partial charge in [-0.2, -0.15) is 0 Å². The van der Waals surface area contributed by atoms with Crippen LogP contribution in [-0.2, 0) is 4.74 Å². The molecule has 1 heterocycles. The largest absolute Gasteiger partial charge is 0.465 e. The Morgan fingerprint density at radius 1 is 1.25 bits per heavy atom. The molecule has 2 rings (SSSR count). The van der Waals surface area contributed by atoms with Crippen molar-refractivity contribution in [3.05, 3.63) is 47.2 Å². The third-order valence-electron chi connectivity index (χ3n) is 2.88. The number of anilines is 3. The summed E-state index contributed by atoms with van der Waals surface area (Å²) >= 11 is 0. The Hall–Kier alpha value is -2.56. The standard InChI is InChI=1S/C15H17N3O2/c1-9-6-10(2)8-11(7-9)18-14-13(16)12(4-5-17-14)15(19)20-3/h4-8H,16H2,1-3H3,(H,17,18). The van der Waals surface area contributed by atoms with Crippen LogP contribution in [0.5, 0.6) is 0 Å². The quantitative estimate of drug-likeness (QED) is 0.839. The second-order valence-corrected chi connectivity index (χ2v) is 4.61. The third kappa shape index (κ3) is 2.88. The van der Waals surface area contributed by atoms with E-state index in [-0.39, 0.29) is 5.69 Å². The second kappa shape index (κ2) is 5.61. The zero-order chi connectivity index (χ0) is 14.7. The maximum Gasteiger partial charge on any atom is 0.340 e. The summed E-state index contributed by atoms with van der Waals surface area (Å²) in [7, 11) is 1.32. The van der Waals surface area contributed by atoms with Gasteiger partial charge in [0.2, 0.25) is 0 Å². The molecule has 0 saturated carbocycles. The fraction of sp³-hybridized carbons (Fsp3) is 0.200. The molecule has 0 saturated heterocycles. The molecule has 1 aromatic carbocycles. The molecule has 3 N–H and O–H groups in total. The van der Waals surface area contributed by atoms with Crippen molar-refractivity contribution in [1.82, 2.24) is 4.98 Å². The fourth-order valence-corrected chi connectivity index (χ4v) is 2.04. The lowest BCUT2D eigenvalue weighted by Crippen LogP contribution is -2.09. The van der Waals surface area contributed by atoms with Gasteiger partial charge in [-0.3, -0.25) is 0 Å². The SMILES string of the molecule is COC(=O)c1ccnc(Nc2cc(C)cc(C)c2)c1N. The van der Waals surface area contributed by atoms with E-state index in [4.69, 9.17) is 5.73 Å². The number of pyridine rings is 1. The van der Waals surface area contributed by atoms with Crippen molar-refractivity contribution in [3.8, 4) is 0 Å². The number of esters is 1. The third-order valence-corrected chi connectivity index (χ3v) is 2.88. The van der Waals surface area contributed by atoms with E-state index in [1.54, 1.807) is 0 Å². The highest BCUT2D eigenvalue weighted by Gasteiger charge is 2.14. The van der Waals surface area contributed by atoms with Crippen LogP contribution in [0.3, 0.4) is 0 Å². The molecule has 0 bridgehead atoms. The zero-order valence-corrected chi connectivity index (χ0v) is 11.7. The van der Waals surface area contributed by atoms with Crippen molar-refractivity contribution in [2.45, 2.75) is 13.8 Å². The summed E-state index contributed by atoms with van der Waals surface area (Å²) in [5, 5.41) is 3.13. The number of carbonyl (C=O) groups is 1. The van der Waals surface area contributed by atoms with E-state index >= 15 is 0 Å². The predicted molar refractivity (Wildman–Crippen MR) is 79.2 cm³/mol. The molecule has 0 spiro atoms. The van der Waals surface area contributed by atoms with Gasteiger partial charge in [-0.15, -0.1) is 0 Å². The van der Waals surface area contributed by atoms with Gasteiger partial charge in [-0.1, -0.05) is 6.07 Å². The summed E-state index contributed by atoms with van der Waals surface area (Å²) in [6.07, 6.45) is 1.52. The van der Waals surface area contributed by atoms with Gasteiger partial charge in [0, 0.05) is 11.9 Å². The second-order valence-electron chi connectivity index (χ2n) is 4.61. The molecule has 0 amide bonds. The molecule has 1 aromatic heterocycles. The average Bonchev–Trinajstić information content (AvgIpc) is 2.39. The van der Waals surface area contributed by atoms with Gasteiger partial charge >= 0.3 is 5.97 Å². The Balaban J connectivity index is 2.36. The molecule has 20 heavy (non-hydrogen) atoms. The van der Waals surface area contributed by atoms with E-state index in [0.717, 1.165) is 16.8 Å². The molecule has 0 aliphatic carbocycles. The molecular weight excluding hydrogens is 254 g/mol. The van der Waals surface area contributed by atoms with Gasteiger partial charge in [0.05, 0.1) is 18.4 Å². The van der Waals surface area contributed by atoms with Crippen LogP contribution in [0.2, 0.25) is 0 Å². The number of rotatable bonds is 3. The maximum absolute atomic E-state index is 11.6. The first kappa shape index (κ1) is 13.9. The van der Waals surface area contributed by atoms with E-state index in [9.17, 15) is 4.79 Å². The molecule has 0 unspecified atom stereocenters. The number of carbonyl (C=O) groups excluding carboxylic acids is 1. The molecule has 0 aliphatic heterocycles. The number of nitrogens with one attached hydrogen (secondary N) is 1. The van der Waals surface area contributed by atoms with Gasteiger partial charge in [-0.05, 0) is 43.2 Å². The maximum atomic E-state index is 11.6. The van der Waals surface area contributed by atoms with Crippen molar-refractivity contribution in [2.24, 2.45) is 0 Å². The number of hydrogen-bond donors (Lipinski definition) is 2. The first-order chi connectivity index (χ1) is 9.51. The monoisotopic (exact) mass is 271 g/mol. The molecule has 2 aromatic rings. The van der Waals surface area contributed by atoms with Gasteiger partial charge in [0.1, 0.15) is 0 Å². The summed E-state index contributed by atoms with van der Waals surface area (Å²) in [5.41, 5.74) is 9.68. The predicted octanol–water partition coefficient (Wildman–Crippen LogP) is 2.81. The van der Waals surface area contributed by atoms with Crippen molar-refractivity contribution in [3.63, 3.8) is 0 Å². The van der Waals surface area contributed by atoms with Gasteiger partial charge < -0.3 is 15.8 Å². The van der Waals surface area contributed by atoms with E-state index in [2.05, 4.69) is 21.1 Å². The first-order valence-corrected chi connectivity index (χ1v) is 6.19. The number of benzene rings is 1. The van der Waals surface area contributed by atoms with Crippen molar-refractivity contribution in [1.29, 1.82) is 0 Å². The van der Waals surface area contributed by atoms with Crippen LogP contribution in [0.25, 0.3) is 0 Å². The minimum Gasteiger partial charge on any atom is -0.465 e. The molecular formula is C15H17N3O2. The van der Waals surface area contributed by atoms with Gasteiger partial charge in [-0.25, -0.2) is 9.78 Å². The van der Waals surface area contributed by atoms with E-state index in [1.165, 1.54) is 19.4 Å². The molecule has 0 atom stereocenters. The number of aryl methyl sites for hydroxylation is 2. The molecule has 104 valence electrons. The van der Waals surface area contributed by atoms with Crippen LogP contribution in [-0.4, -0.2) is 18.1 Å². The van der Waals surface area contributed by atoms with E-state index in [0.29, 0.717) is 11.4 Å². The van der Waals surface area contributed by atoms with Crippen LogP contribution in [0.1, 0.15) is 21.5 Å². The molecule has 0 fully saturated rings. The van der Waals surface area contributed by atoms with Crippen LogP contribution in [0, 0.1) is 13.8 Å². The number of hydrogen-bond acceptors (Lipinski definition) is 5. The highest BCUT2D eigenvalue weighted by Crippen LogP contribution is 2.25. The Kier molecular flexibility index (Phi) is 3.89. The topological polar surface area (TPSA) is 77.2 Å². The lowest BCUT2D eigenvalue weighted by atomic mass is 10.1. The van der Waals surface area contributed by atoms with Crippen molar-refractivity contribution < 1.29 is 9.53 Å². The van der Waals surface area contributed by atoms with Crippen LogP contribution in [0.15, 0.2) is 30.5 Å². The molecule has 5 heteroatoms. The van der Waals surface area contributed by atoms with Gasteiger partial charge in [0.15, 0.2) is 5.82 Å². The number of methoxy groups -OCH3 is 1. The normalized spacial score (nSPS) is 10.2. The highest BCUT2D eigenvalue weighted by molar-refractivity contribution is 5.97. The number of nitrogens with zero attached hydrogens (tertiary/aromatic N) is 1. The number of aromatic nitrogens is 1. The molecule has 0 aliphatic rings. The number of nitrogens with two attached hydrogens (primary N) is 1. The highest BCUT2D eigenvalue weighted by atomic mass is 16.5. The van der Waals surface area contributed by atoms with Crippen LogP contribution < -0.4 is 11.1 Å². The summed E-state index contributed by atoms with van der Waals surface area (Å²) in [6, 6.07) is 7.58. The lowest BCUT2D eigenvalue weighted by Gasteiger charge is -2.12. The smallest absolute Gasteiger partial charge is 0.340 e. The number of nitrogen functional groups attached to an aromatic ring is 1. The Morgan fingerprint density at radius 2 is 1.90 bits per heavy atom. The minimum absolute atomic E-state index is 0.276. The zero-order valence-electron chi connectivity index (χ0n) is 11.7. The Bertz CT molecular complexity index is 633. The lowest BCUT2D eigenvalue weighted by molar-refractivity contribution is 0.0602. The Labute approximate surface area is 117 Å². The summed E-state index contributed by atoms with van der Waals surface area (Å²) < 4.78 is 4.69. The van der Waals surface area contributed by atoms with Crippen molar-refractivity contribution >= 4 is 23.2 Å². The summed E-state index contributed by atoms with van der Waals surface area (Å²) in [5.74, 6) is -0.0359. The summed E-state index contributed by atoms with van der Waals surface area (Å²) in [6.45, 7) is 4.03. The van der Waals surface area contributed by atoms with E-state index in [1.807, 2.05) is 26.0 Å². The van der Waals surface area contributed by atoms with Crippen molar-refractivity contribution in [2.75, 3.05) is 18.2 Å². The Morgan fingerprint density at radius 3 is 2.50 bits per heavy atom. The van der Waals surface area contributed by atoms with Gasteiger partial charge in [0.25, 0.3) is 0 Å². The average molecular weight is 271 g/mol.